The molecule has 0 bridgehead atoms. The van der Waals surface area contributed by atoms with Crippen molar-refractivity contribution in [2.75, 3.05) is 13.7 Å². The Kier molecular flexibility index (Phi) is 4.16. The van der Waals surface area contributed by atoms with Crippen molar-refractivity contribution in [2.45, 2.75) is 13.0 Å². The maximum Gasteiger partial charge on any atom is 0.262 e. The molecular weight excluding hydrogens is 272 g/mol. The summed E-state index contributed by atoms with van der Waals surface area (Å²) in [4.78, 5) is 15.3. The minimum Gasteiger partial charge on any atom is -0.385 e. The summed E-state index contributed by atoms with van der Waals surface area (Å²) in [5.41, 5.74) is 0.588. The van der Waals surface area contributed by atoms with Crippen molar-refractivity contribution in [1.82, 2.24) is 9.55 Å². The number of aromatic amines is 1. The van der Waals surface area contributed by atoms with Crippen LogP contribution in [0.1, 0.15) is 6.42 Å². The smallest absolute Gasteiger partial charge is 0.262 e. The highest BCUT2D eigenvalue weighted by Crippen LogP contribution is 2.14. The summed E-state index contributed by atoms with van der Waals surface area (Å²) in [6.07, 6.45) is 0.736. The summed E-state index contributed by atoms with van der Waals surface area (Å²) in [6.45, 7) is 1.12. The van der Waals surface area contributed by atoms with Crippen LogP contribution in [0.5, 0.6) is 0 Å². The Bertz CT molecular complexity index is 678. The highest BCUT2D eigenvalue weighted by Gasteiger charge is 2.05. The Balaban J connectivity index is 2.53. The van der Waals surface area contributed by atoms with E-state index in [0.717, 1.165) is 6.42 Å². The van der Waals surface area contributed by atoms with Gasteiger partial charge in [0, 0.05) is 25.3 Å². The first-order valence-corrected chi connectivity index (χ1v) is 6.33. The lowest BCUT2D eigenvalue weighted by atomic mass is 10.2. The number of nitrogens with one attached hydrogen (secondary N) is 1. The Morgan fingerprint density at radius 1 is 1.50 bits per heavy atom. The van der Waals surface area contributed by atoms with Crippen LogP contribution in [0.25, 0.3) is 10.9 Å². The molecule has 0 saturated heterocycles. The van der Waals surface area contributed by atoms with E-state index in [1.54, 1.807) is 25.3 Å². The summed E-state index contributed by atoms with van der Waals surface area (Å²) in [5.74, 6) is 0. The van der Waals surface area contributed by atoms with Gasteiger partial charge in [-0.1, -0.05) is 11.6 Å². The molecule has 0 fully saturated rings. The lowest BCUT2D eigenvalue weighted by Crippen LogP contribution is -2.22. The molecule has 4 nitrogen and oxygen atoms in total. The molecule has 0 saturated carbocycles. The van der Waals surface area contributed by atoms with Crippen LogP contribution in [-0.2, 0) is 11.3 Å². The number of nitrogens with zero attached hydrogens (tertiary/aromatic N) is 1. The maximum absolute atomic E-state index is 12.3. The number of aromatic nitrogens is 2. The number of H-pyrrole nitrogens is 1. The standard InChI is InChI=1S/C12H13ClN2O2S/c1-17-6-2-5-15-11(16)9-7-8(13)3-4-10(9)14-12(15)18/h3-4,7H,2,5-6H2,1H3,(H,14,18). The Labute approximate surface area is 114 Å². The van der Waals surface area contributed by atoms with E-state index in [0.29, 0.717) is 33.8 Å². The molecule has 0 spiro atoms. The number of benzene rings is 1. The van der Waals surface area contributed by atoms with Gasteiger partial charge in [-0.05, 0) is 36.8 Å². The fourth-order valence-electron chi connectivity index (χ4n) is 1.79. The molecule has 0 radical (unpaired) electrons. The average molecular weight is 285 g/mol. The van der Waals surface area contributed by atoms with Crippen LogP contribution in [0, 0.1) is 4.77 Å². The molecule has 0 unspecified atom stereocenters. The highest BCUT2D eigenvalue weighted by molar-refractivity contribution is 7.71. The van der Waals surface area contributed by atoms with Crippen LogP contribution in [0.15, 0.2) is 23.0 Å². The van der Waals surface area contributed by atoms with Gasteiger partial charge in [0.2, 0.25) is 0 Å². The lowest BCUT2D eigenvalue weighted by molar-refractivity contribution is 0.189. The first-order chi connectivity index (χ1) is 8.63. The fourth-order valence-corrected chi connectivity index (χ4v) is 2.25. The molecule has 96 valence electrons. The van der Waals surface area contributed by atoms with Gasteiger partial charge in [0.05, 0.1) is 10.9 Å². The molecule has 18 heavy (non-hydrogen) atoms. The SMILES string of the molecule is COCCCn1c(=S)[nH]c2ccc(Cl)cc2c1=O. The van der Waals surface area contributed by atoms with Crippen molar-refractivity contribution in [3.05, 3.63) is 38.3 Å². The summed E-state index contributed by atoms with van der Waals surface area (Å²) in [5, 5.41) is 1.09. The van der Waals surface area contributed by atoms with Gasteiger partial charge in [-0.2, -0.15) is 0 Å². The predicted octanol–water partition coefficient (Wildman–Crippen LogP) is 2.75. The third-order valence-corrected chi connectivity index (χ3v) is 3.23. The molecule has 0 aliphatic heterocycles. The van der Waals surface area contributed by atoms with Gasteiger partial charge < -0.3 is 9.72 Å². The molecule has 0 aliphatic rings. The van der Waals surface area contributed by atoms with Gasteiger partial charge in [-0.25, -0.2) is 0 Å². The van der Waals surface area contributed by atoms with E-state index in [-0.39, 0.29) is 5.56 Å². The van der Waals surface area contributed by atoms with Crippen LogP contribution < -0.4 is 5.56 Å². The zero-order chi connectivity index (χ0) is 13.1. The third-order valence-electron chi connectivity index (χ3n) is 2.67. The normalized spacial score (nSPS) is 11.0. The van der Waals surface area contributed by atoms with Crippen molar-refractivity contribution >= 4 is 34.7 Å². The largest absolute Gasteiger partial charge is 0.385 e. The van der Waals surface area contributed by atoms with E-state index in [1.165, 1.54) is 4.57 Å². The molecule has 2 aromatic rings. The van der Waals surface area contributed by atoms with Crippen molar-refractivity contribution < 1.29 is 4.74 Å². The highest BCUT2D eigenvalue weighted by atomic mass is 35.5. The van der Waals surface area contributed by atoms with E-state index in [9.17, 15) is 4.79 Å². The second kappa shape index (κ2) is 5.65. The fraction of sp³-hybridized carbons (Fsp3) is 0.333. The molecule has 0 amide bonds. The number of halogens is 1. The van der Waals surface area contributed by atoms with Gasteiger partial charge in [0.1, 0.15) is 0 Å². The summed E-state index contributed by atoms with van der Waals surface area (Å²) in [6, 6.07) is 5.13. The van der Waals surface area contributed by atoms with Crippen LogP contribution in [0.3, 0.4) is 0 Å². The van der Waals surface area contributed by atoms with Gasteiger partial charge >= 0.3 is 0 Å². The number of methoxy groups -OCH3 is 1. The summed E-state index contributed by atoms with van der Waals surface area (Å²) < 4.78 is 6.93. The minimum atomic E-state index is -0.118. The third kappa shape index (κ3) is 2.63. The lowest BCUT2D eigenvalue weighted by Gasteiger charge is -2.07. The van der Waals surface area contributed by atoms with E-state index < -0.39 is 0 Å². The van der Waals surface area contributed by atoms with E-state index in [1.807, 2.05) is 0 Å². The predicted molar refractivity (Wildman–Crippen MR) is 74.9 cm³/mol. The van der Waals surface area contributed by atoms with Crippen molar-refractivity contribution in [3.8, 4) is 0 Å². The molecule has 2 rings (SSSR count). The second-order valence-electron chi connectivity index (χ2n) is 3.92. The number of ether oxygens (including phenoxy) is 1. The van der Waals surface area contributed by atoms with Crippen LogP contribution in [0.2, 0.25) is 5.02 Å². The number of hydrogen-bond acceptors (Lipinski definition) is 3. The molecule has 0 aliphatic carbocycles. The monoisotopic (exact) mass is 284 g/mol. The van der Waals surface area contributed by atoms with Gasteiger partial charge in [0.25, 0.3) is 5.56 Å². The number of rotatable bonds is 4. The minimum absolute atomic E-state index is 0.118. The Morgan fingerprint density at radius 2 is 2.28 bits per heavy atom. The maximum atomic E-state index is 12.3. The molecule has 1 aromatic carbocycles. The molecular formula is C12H13ClN2O2S. The Hall–Kier alpha value is -1.17. The summed E-state index contributed by atoms with van der Waals surface area (Å²) >= 11 is 11.1. The Morgan fingerprint density at radius 3 is 3.00 bits per heavy atom. The van der Waals surface area contributed by atoms with Gasteiger partial charge in [-0.3, -0.25) is 9.36 Å². The van der Waals surface area contributed by atoms with Crippen molar-refractivity contribution in [2.24, 2.45) is 0 Å². The van der Waals surface area contributed by atoms with Crippen molar-refractivity contribution in [3.63, 3.8) is 0 Å². The topological polar surface area (TPSA) is 47.0 Å². The van der Waals surface area contributed by atoms with E-state index >= 15 is 0 Å². The average Bonchev–Trinajstić information content (AvgIpc) is 2.35. The molecule has 1 heterocycles. The van der Waals surface area contributed by atoms with E-state index in [4.69, 9.17) is 28.6 Å². The van der Waals surface area contributed by atoms with E-state index in [2.05, 4.69) is 4.98 Å². The summed E-state index contributed by atoms with van der Waals surface area (Å²) in [7, 11) is 1.63. The number of hydrogen-bond donors (Lipinski definition) is 1. The van der Waals surface area contributed by atoms with Crippen LogP contribution in [-0.4, -0.2) is 23.3 Å². The second-order valence-corrected chi connectivity index (χ2v) is 4.75. The molecule has 1 N–H and O–H groups in total. The first kappa shape index (κ1) is 13.3. The molecule has 1 aromatic heterocycles. The zero-order valence-corrected chi connectivity index (χ0v) is 11.5. The van der Waals surface area contributed by atoms with Crippen molar-refractivity contribution in [1.29, 1.82) is 0 Å². The van der Waals surface area contributed by atoms with Crippen LogP contribution in [0.4, 0.5) is 0 Å². The van der Waals surface area contributed by atoms with Gasteiger partial charge in [0.15, 0.2) is 4.77 Å². The number of fused-ring (bicyclic) bond motifs is 1. The zero-order valence-electron chi connectivity index (χ0n) is 9.90. The molecule has 6 heteroatoms. The van der Waals surface area contributed by atoms with Crippen LogP contribution >= 0.6 is 23.8 Å². The van der Waals surface area contributed by atoms with Gasteiger partial charge in [-0.15, -0.1) is 0 Å². The quantitative estimate of drug-likeness (QED) is 0.694. The molecule has 0 atom stereocenters. The first-order valence-electron chi connectivity index (χ1n) is 5.55.